The van der Waals surface area contributed by atoms with Crippen molar-refractivity contribution in [3.8, 4) is 11.4 Å². The number of aryl methyl sites for hydroxylation is 1. The van der Waals surface area contributed by atoms with Gasteiger partial charge in [0.25, 0.3) is 0 Å². The Morgan fingerprint density at radius 3 is 2.62 bits per heavy atom. The molecule has 0 aliphatic carbocycles. The summed E-state index contributed by atoms with van der Waals surface area (Å²) in [5.74, 6) is 2.27. The van der Waals surface area contributed by atoms with E-state index in [2.05, 4.69) is 38.3 Å². The Kier molecular flexibility index (Phi) is 4.63. The van der Waals surface area contributed by atoms with Gasteiger partial charge in [0.1, 0.15) is 5.15 Å². The molecule has 0 saturated carbocycles. The van der Waals surface area contributed by atoms with Crippen LogP contribution in [0.25, 0.3) is 11.4 Å². The number of nitrogens with zero attached hydrogens (tertiary/aromatic N) is 7. The molecule has 0 bridgehead atoms. The largest absolute Gasteiger partial charge is 0.341 e. The van der Waals surface area contributed by atoms with E-state index in [0.717, 1.165) is 49.8 Å². The zero-order valence-electron chi connectivity index (χ0n) is 15.0. The second-order valence-corrected chi connectivity index (χ2v) is 7.03. The van der Waals surface area contributed by atoms with Gasteiger partial charge in [-0.3, -0.25) is 9.25 Å². The van der Waals surface area contributed by atoms with Crippen LogP contribution in [-0.2, 0) is 13.6 Å². The highest BCUT2D eigenvalue weighted by atomic mass is 35.5. The summed E-state index contributed by atoms with van der Waals surface area (Å²) in [4.78, 5) is 6.44. The minimum absolute atomic E-state index is 0.476. The van der Waals surface area contributed by atoms with Crippen molar-refractivity contribution >= 4 is 17.5 Å². The van der Waals surface area contributed by atoms with Crippen molar-refractivity contribution in [3.63, 3.8) is 0 Å². The Morgan fingerprint density at radius 2 is 1.96 bits per heavy atom. The Morgan fingerprint density at radius 1 is 1.15 bits per heavy atom. The summed E-state index contributed by atoms with van der Waals surface area (Å²) in [6.45, 7) is 4.96. The van der Waals surface area contributed by atoms with Crippen LogP contribution < -0.4 is 4.90 Å². The molecular weight excluding hydrogens is 350 g/mol. The van der Waals surface area contributed by atoms with Crippen molar-refractivity contribution in [2.45, 2.75) is 32.2 Å². The topological polar surface area (TPSA) is 64.7 Å². The zero-order chi connectivity index (χ0) is 18.1. The van der Waals surface area contributed by atoms with Crippen molar-refractivity contribution in [3.05, 3.63) is 41.4 Å². The van der Waals surface area contributed by atoms with E-state index in [9.17, 15) is 0 Å². The van der Waals surface area contributed by atoms with E-state index in [1.807, 2.05) is 28.6 Å². The van der Waals surface area contributed by atoms with Gasteiger partial charge in [-0.25, -0.2) is 4.98 Å². The minimum Gasteiger partial charge on any atom is -0.341 e. The number of halogens is 1. The molecular formula is C18H22ClN7. The van der Waals surface area contributed by atoms with Crippen LogP contribution in [0.5, 0.6) is 0 Å². The number of hydrogen-bond donors (Lipinski definition) is 0. The highest BCUT2D eigenvalue weighted by Gasteiger charge is 2.25. The summed E-state index contributed by atoms with van der Waals surface area (Å²) >= 11 is 5.87. The molecule has 0 unspecified atom stereocenters. The lowest BCUT2D eigenvalue weighted by atomic mass is 9.92. The van der Waals surface area contributed by atoms with Crippen molar-refractivity contribution in [1.29, 1.82) is 0 Å². The van der Waals surface area contributed by atoms with Crippen LogP contribution in [0, 0.1) is 0 Å². The maximum atomic E-state index is 5.87. The molecule has 0 N–H and O–H groups in total. The molecule has 1 fully saturated rings. The van der Waals surface area contributed by atoms with Gasteiger partial charge in [0.2, 0.25) is 5.95 Å². The van der Waals surface area contributed by atoms with Gasteiger partial charge < -0.3 is 4.90 Å². The summed E-state index contributed by atoms with van der Waals surface area (Å²) in [5, 5.41) is 13.7. The van der Waals surface area contributed by atoms with Gasteiger partial charge in [-0.2, -0.15) is 5.10 Å². The summed E-state index contributed by atoms with van der Waals surface area (Å²) in [6.07, 6.45) is 8.11. The summed E-state index contributed by atoms with van der Waals surface area (Å²) in [7, 11) is 2.00. The Hall–Kier alpha value is -2.41. The van der Waals surface area contributed by atoms with E-state index < -0.39 is 0 Å². The van der Waals surface area contributed by atoms with Gasteiger partial charge in [0, 0.05) is 44.6 Å². The lowest BCUT2D eigenvalue weighted by Crippen LogP contribution is -2.34. The molecule has 0 amide bonds. The monoisotopic (exact) mass is 371 g/mol. The number of piperidine rings is 1. The van der Waals surface area contributed by atoms with Crippen LogP contribution in [0.1, 0.15) is 31.2 Å². The van der Waals surface area contributed by atoms with Gasteiger partial charge in [0.05, 0.1) is 6.20 Å². The fourth-order valence-electron chi connectivity index (χ4n) is 3.53. The van der Waals surface area contributed by atoms with Gasteiger partial charge in [-0.05, 0) is 43.4 Å². The lowest BCUT2D eigenvalue weighted by Gasteiger charge is -2.32. The third kappa shape index (κ3) is 3.19. The van der Waals surface area contributed by atoms with Crippen LogP contribution in [0.4, 0.5) is 5.95 Å². The van der Waals surface area contributed by atoms with Gasteiger partial charge in [-0.1, -0.05) is 11.6 Å². The Bertz CT molecular complexity index is 875. The normalized spacial score (nSPS) is 15.6. The average Bonchev–Trinajstić information content (AvgIpc) is 3.29. The van der Waals surface area contributed by atoms with Crippen molar-refractivity contribution in [2.75, 3.05) is 18.0 Å². The second kappa shape index (κ2) is 7.07. The van der Waals surface area contributed by atoms with E-state index in [1.54, 1.807) is 12.3 Å². The van der Waals surface area contributed by atoms with E-state index in [4.69, 9.17) is 11.6 Å². The van der Waals surface area contributed by atoms with Crippen molar-refractivity contribution in [2.24, 2.45) is 7.05 Å². The summed E-state index contributed by atoms with van der Waals surface area (Å²) in [5.41, 5.74) is 2.26. The highest BCUT2D eigenvalue weighted by molar-refractivity contribution is 6.29. The molecule has 0 spiro atoms. The fraction of sp³-hybridized carbons (Fsp3) is 0.444. The first-order chi connectivity index (χ1) is 12.7. The molecule has 26 heavy (non-hydrogen) atoms. The van der Waals surface area contributed by atoms with Crippen LogP contribution in [-0.4, -0.2) is 42.6 Å². The molecule has 1 aliphatic heterocycles. The molecule has 1 aliphatic rings. The third-order valence-electron chi connectivity index (χ3n) is 5.06. The minimum atomic E-state index is 0.476. The molecule has 0 atom stereocenters. The highest BCUT2D eigenvalue weighted by Crippen LogP contribution is 2.30. The Labute approximate surface area is 157 Å². The van der Waals surface area contributed by atoms with Crippen molar-refractivity contribution in [1.82, 2.24) is 29.5 Å². The number of pyridine rings is 1. The standard InChI is InChI=1S/C18H22ClN7/c1-3-26-12-15(11-21-26)13-6-8-25(9-7-13)18-23-22-17(24(18)2)14-4-5-16(19)20-10-14/h4-5,10-13H,3,6-9H2,1-2H3. The number of hydrogen-bond acceptors (Lipinski definition) is 5. The maximum absolute atomic E-state index is 5.87. The molecule has 136 valence electrons. The fourth-order valence-corrected chi connectivity index (χ4v) is 3.64. The van der Waals surface area contributed by atoms with Crippen LogP contribution in [0.2, 0.25) is 5.15 Å². The molecule has 8 heteroatoms. The number of rotatable bonds is 4. The molecule has 7 nitrogen and oxygen atoms in total. The van der Waals surface area contributed by atoms with E-state index >= 15 is 0 Å². The predicted molar refractivity (Wildman–Crippen MR) is 101 cm³/mol. The molecule has 3 aromatic heterocycles. The summed E-state index contributed by atoms with van der Waals surface area (Å²) < 4.78 is 4.02. The number of aromatic nitrogens is 6. The van der Waals surface area contributed by atoms with Crippen LogP contribution in [0.3, 0.4) is 0 Å². The molecule has 0 aromatic carbocycles. The van der Waals surface area contributed by atoms with Crippen molar-refractivity contribution < 1.29 is 0 Å². The van der Waals surface area contributed by atoms with Crippen LogP contribution in [0.15, 0.2) is 30.7 Å². The average molecular weight is 372 g/mol. The first-order valence-electron chi connectivity index (χ1n) is 8.94. The van der Waals surface area contributed by atoms with Gasteiger partial charge in [-0.15, -0.1) is 10.2 Å². The smallest absolute Gasteiger partial charge is 0.227 e. The second-order valence-electron chi connectivity index (χ2n) is 6.64. The quantitative estimate of drug-likeness (QED) is 0.659. The third-order valence-corrected chi connectivity index (χ3v) is 5.29. The molecule has 1 saturated heterocycles. The van der Waals surface area contributed by atoms with Gasteiger partial charge >= 0.3 is 0 Å². The first kappa shape index (κ1) is 17.0. The Balaban J connectivity index is 1.47. The molecule has 4 rings (SSSR count). The van der Waals surface area contributed by atoms with E-state index in [-0.39, 0.29) is 0 Å². The number of anilines is 1. The van der Waals surface area contributed by atoms with E-state index in [0.29, 0.717) is 11.1 Å². The summed E-state index contributed by atoms with van der Waals surface area (Å²) in [6, 6.07) is 3.69. The van der Waals surface area contributed by atoms with E-state index in [1.165, 1.54) is 5.56 Å². The van der Waals surface area contributed by atoms with Gasteiger partial charge in [0.15, 0.2) is 5.82 Å². The predicted octanol–water partition coefficient (Wildman–Crippen LogP) is 3.13. The molecule has 0 radical (unpaired) electrons. The molecule has 3 aromatic rings. The zero-order valence-corrected chi connectivity index (χ0v) is 15.8. The molecule has 4 heterocycles. The SMILES string of the molecule is CCn1cc(C2CCN(c3nnc(-c4ccc(Cl)nc4)n3C)CC2)cn1. The lowest BCUT2D eigenvalue weighted by molar-refractivity contribution is 0.495. The van der Waals surface area contributed by atoms with Crippen LogP contribution >= 0.6 is 11.6 Å². The maximum Gasteiger partial charge on any atom is 0.227 e. The first-order valence-corrected chi connectivity index (χ1v) is 9.32.